The summed E-state index contributed by atoms with van der Waals surface area (Å²) in [5.74, 6) is 1.08. The van der Waals surface area contributed by atoms with Crippen molar-refractivity contribution in [3.05, 3.63) is 35.9 Å². The fourth-order valence-electron chi connectivity index (χ4n) is 3.66. The summed E-state index contributed by atoms with van der Waals surface area (Å²) in [6, 6.07) is 11.3. The van der Waals surface area contributed by atoms with Crippen LogP contribution in [-0.4, -0.2) is 34.7 Å². The summed E-state index contributed by atoms with van der Waals surface area (Å²) in [6.45, 7) is 6.58. The van der Waals surface area contributed by atoms with E-state index in [9.17, 15) is 5.11 Å². The van der Waals surface area contributed by atoms with Crippen LogP contribution in [0.15, 0.2) is 30.3 Å². The normalized spacial score (nSPS) is 30.5. The van der Waals surface area contributed by atoms with Gasteiger partial charge >= 0.3 is 0 Å². The SMILES string of the molecule is CC(C)N1CCC(O)(C2CC2c2ccccc2)CC1. The molecule has 2 aliphatic rings. The summed E-state index contributed by atoms with van der Waals surface area (Å²) >= 11 is 0. The van der Waals surface area contributed by atoms with E-state index >= 15 is 0 Å². The predicted octanol–water partition coefficient (Wildman–Crippen LogP) is 3.03. The molecule has 1 aromatic carbocycles. The molecule has 0 amide bonds. The van der Waals surface area contributed by atoms with Crippen molar-refractivity contribution < 1.29 is 5.11 Å². The molecule has 2 fully saturated rings. The van der Waals surface area contributed by atoms with Crippen LogP contribution in [0.2, 0.25) is 0 Å². The van der Waals surface area contributed by atoms with Crippen LogP contribution in [0.3, 0.4) is 0 Å². The van der Waals surface area contributed by atoms with E-state index < -0.39 is 5.60 Å². The molecule has 1 N–H and O–H groups in total. The van der Waals surface area contributed by atoms with Gasteiger partial charge in [0.2, 0.25) is 0 Å². The fourth-order valence-corrected chi connectivity index (χ4v) is 3.66. The van der Waals surface area contributed by atoms with E-state index in [4.69, 9.17) is 0 Å². The molecule has 2 atom stereocenters. The highest BCUT2D eigenvalue weighted by Crippen LogP contribution is 2.56. The molecule has 0 spiro atoms. The molecule has 104 valence electrons. The Labute approximate surface area is 116 Å². The number of likely N-dealkylation sites (tertiary alicyclic amines) is 1. The maximum atomic E-state index is 10.9. The number of rotatable bonds is 3. The van der Waals surface area contributed by atoms with Gasteiger partial charge in [-0.05, 0) is 50.5 Å². The molecule has 0 radical (unpaired) electrons. The van der Waals surface area contributed by atoms with Crippen LogP contribution in [0.4, 0.5) is 0 Å². The second-order valence-corrected chi connectivity index (χ2v) is 6.59. The van der Waals surface area contributed by atoms with Gasteiger partial charge in [-0.2, -0.15) is 0 Å². The molecule has 1 aliphatic heterocycles. The summed E-state index contributed by atoms with van der Waals surface area (Å²) in [5.41, 5.74) is 0.999. The van der Waals surface area contributed by atoms with Crippen LogP contribution < -0.4 is 0 Å². The third-order valence-electron chi connectivity index (χ3n) is 5.10. The smallest absolute Gasteiger partial charge is 0.0706 e. The summed E-state index contributed by atoms with van der Waals surface area (Å²) in [6.07, 6.45) is 3.06. The van der Waals surface area contributed by atoms with Crippen molar-refractivity contribution in [2.75, 3.05) is 13.1 Å². The molecule has 2 nitrogen and oxygen atoms in total. The van der Waals surface area contributed by atoms with Crippen LogP contribution in [0.5, 0.6) is 0 Å². The quantitative estimate of drug-likeness (QED) is 0.902. The van der Waals surface area contributed by atoms with Crippen molar-refractivity contribution in [3.8, 4) is 0 Å². The van der Waals surface area contributed by atoms with E-state index in [1.54, 1.807) is 0 Å². The number of aliphatic hydroxyl groups is 1. The molecule has 19 heavy (non-hydrogen) atoms. The minimum Gasteiger partial charge on any atom is -0.389 e. The molecule has 2 unspecified atom stereocenters. The third kappa shape index (κ3) is 2.56. The Morgan fingerprint density at radius 3 is 2.37 bits per heavy atom. The van der Waals surface area contributed by atoms with E-state index in [2.05, 4.69) is 49.1 Å². The van der Waals surface area contributed by atoms with Crippen molar-refractivity contribution in [2.45, 2.75) is 50.7 Å². The van der Waals surface area contributed by atoms with E-state index in [-0.39, 0.29) is 0 Å². The zero-order chi connectivity index (χ0) is 13.5. The lowest BCUT2D eigenvalue weighted by molar-refractivity contribution is -0.0460. The molecular weight excluding hydrogens is 234 g/mol. The number of piperidine rings is 1. The lowest BCUT2D eigenvalue weighted by Gasteiger charge is -2.40. The minimum atomic E-state index is -0.411. The third-order valence-corrected chi connectivity index (χ3v) is 5.10. The Hall–Kier alpha value is -0.860. The van der Waals surface area contributed by atoms with Gasteiger partial charge in [0.1, 0.15) is 0 Å². The standard InChI is InChI=1S/C17H25NO/c1-13(2)18-10-8-17(19,9-11-18)16-12-15(16)14-6-4-3-5-7-14/h3-7,13,15-16,19H,8-12H2,1-2H3. The molecule has 0 bridgehead atoms. The maximum Gasteiger partial charge on any atom is 0.0706 e. The van der Waals surface area contributed by atoms with E-state index in [1.807, 2.05) is 0 Å². The Balaban J connectivity index is 1.62. The minimum absolute atomic E-state index is 0.411. The van der Waals surface area contributed by atoms with Gasteiger partial charge < -0.3 is 10.0 Å². The number of nitrogens with zero attached hydrogens (tertiary/aromatic N) is 1. The monoisotopic (exact) mass is 259 g/mol. The lowest BCUT2D eigenvalue weighted by atomic mass is 9.84. The first-order chi connectivity index (χ1) is 9.10. The van der Waals surface area contributed by atoms with E-state index in [0.29, 0.717) is 17.9 Å². The second kappa shape index (κ2) is 4.92. The molecule has 2 heteroatoms. The van der Waals surface area contributed by atoms with Gasteiger partial charge in [-0.15, -0.1) is 0 Å². The van der Waals surface area contributed by atoms with Crippen molar-refractivity contribution in [2.24, 2.45) is 5.92 Å². The molecule has 1 heterocycles. The average molecular weight is 259 g/mol. The zero-order valence-corrected chi connectivity index (χ0v) is 12.0. The van der Waals surface area contributed by atoms with Gasteiger partial charge in [-0.3, -0.25) is 0 Å². The van der Waals surface area contributed by atoms with Gasteiger partial charge in [0.05, 0.1) is 5.60 Å². The number of benzene rings is 1. The average Bonchev–Trinajstić information content (AvgIpc) is 3.21. The van der Waals surface area contributed by atoms with Crippen molar-refractivity contribution >= 4 is 0 Å². The summed E-state index contributed by atoms with van der Waals surface area (Å²) in [4.78, 5) is 2.48. The fraction of sp³-hybridized carbons (Fsp3) is 0.647. The van der Waals surface area contributed by atoms with Crippen molar-refractivity contribution in [3.63, 3.8) is 0 Å². The summed E-state index contributed by atoms with van der Waals surface area (Å²) < 4.78 is 0. The van der Waals surface area contributed by atoms with Gasteiger partial charge in [0.25, 0.3) is 0 Å². The highest BCUT2D eigenvalue weighted by atomic mass is 16.3. The number of hydrogen-bond donors (Lipinski definition) is 1. The highest BCUT2D eigenvalue weighted by Gasteiger charge is 2.53. The van der Waals surface area contributed by atoms with Gasteiger partial charge in [0.15, 0.2) is 0 Å². The Kier molecular flexibility index (Phi) is 3.40. The topological polar surface area (TPSA) is 23.5 Å². The van der Waals surface area contributed by atoms with Crippen LogP contribution in [0.25, 0.3) is 0 Å². The first-order valence-corrected chi connectivity index (χ1v) is 7.61. The predicted molar refractivity (Wildman–Crippen MR) is 78.2 cm³/mol. The largest absolute Gasteiger partial charge is 0.389 e. The molecule has 1 saturated carbocycles. The number of hydrogen-bond acceptors (Lipinski definition) is 2. The summed E-state index contributed by atoms with van der Waals surface area (Å²) in [5, 5.41) is 10.9. The second-order valence-electron chi connectivity index (χ2n) is 6.59. The van der Waals surface area contributed by atoms with E-state index in [1.165, 1.54) is 12.0 Å². The highest BCUT2D eigenvalue weighted by molar-refractivity contribution is 5.28. The molecule has 1 aromatic rings. The first kappa shape index (κ1) is 13.1. The van der Waals surface area contributed by atoms with Crippen molar-refractivity contribution in [1.82, 2.24) is 4.90 Å². The van der Waals surface area contributed by atoms with Gasteiger partial charge in [-0.25, -0.2) is 0 Å². The first-order valence-electron chi connectivity index (χ1n) is 7.61. The Morgan fingerprint density at radius 1 is 1.16 bits per heavy atom. The molecule has 1 saturated heterocycles. The Morgan fingerprint density at radius 2 is 1.79 bits per heavy atom. The lowest BCUT2D eigenvalue weighted by Crippen LogP contribution is -2.48. The van der Waals surface area contributed by atoms with Gasteiger partial charge in [-0.1, -0.05) is 30.3 Å². The maximum absolute atomic E-state index is 10.9. The molecule has 1 aliphatic carbocycles. The molecular formula is C17H25NO. The zero-order valence-electron chi connectivity index (χ0n) is 12.0. The Bertz CT molecular complexity index is 420. The summed E-state index contributed by atoms with van der Waals surface area (Å²) in [7, 11) is 0. The van der Waals surface area contributed by atoms with Crippen LogP contribution >= 0.6 is 0 Å². The molecule has 0 aromatic heterocycles. The van der Waals surface area contributed by atoms with Crippen molar-refractivity contribution in [1.29, 1.82) is 0 Å². The molecule has 3 rings (SSSR count). The van der Waals surface area contributed by atoms with Gasteiger partial charge in [0, 0.05) is 19.1 Å². The van der Waals surface area contributed by atoms with E-state index in [0.717, 1.165) is 25.9 Å². The van der Waals surface area contributed by atoms with Crippen LogP contribution in [0.1, 0.15) is 44.6 Å². The van der Waals surface area contributed by atoms with Crippen LogP contribution in [0, 0.1) is 5.92 Å². The van der Waals surface area contributed by atoms with Crippen LogP contribution in [-0.2, 0) is 0 Å².